The summed E-state index contributed by atoms with van der Waals surface area (Å²) in [6.07, 6.45) is 0.627. The molecule has 0 radical (unpaired) electrons. The van der Waals surface area contributed by atoms with Gasteiger partial charge in [-0.15, -0.1) is 0 Å². The molecule has 0 bridgehead atoms. The fourth-order valence-corrected chi connectivity index (χ4v) is 4.89. The largest absolute Gasteiger partial charge is 0.349 e. The molecule has 0 spiro atoms. The van der Waals surface area contributed by atoms with Gasteiger partial charge in [-0.1, -0.05) is 90.5 Å². The average molecular weight is 463 g/mol. The highest BCUT2D eigenvalue weighted by atomic mass is 35.5. The number of thiocarbonyl (C=S) groups is 1. The Hall–Kier alpha value is -3.53. The molecule has 158 valence electrons. The van der Waals surface area contributed by atoms with Crippen LogP contribution in [0.1, 0.15) is 5.56 Å². The summed E-state index contributed by atoms with van der Waals surface area (Å²) in [7, 11) is 0. The minimum absolute atomic E-state index is 0.627. The summed E-state index contributed by atoms with van der Waals surface area (Å²) in [5.74, 6) is 0. The number of hydrogen-bond donors (Lipinski definition) is 1. The molecule has 2 heterocycles. The number of benzene rings is 4. The molecule has 1 N–H and O–H groups in total. The fraction of sp³-hybridized carbons (Fsp3) is 0.0345. The average Bonchev–Trinajstić information content (AvgIpc) is 2.99. The first-order valence-electron chi connectivity index (χ1n) is 10.8. The molecule has 6 rings (SSSR count). The third-order valence-corrected chi connectivity index (χ3v) is 6.62. The standard InChI is InChI=1S/C29H19ClN2S/c30-22-13-11-19(12-14-22)24-16-27(21-10-9-18-5-1-2-6-20(18)15-21)32-29-23-7-3-4-8-26(23)31-28(33)17-25(24)29/h1-16H,17H2,(H,31,33). The van der Waals surface area contributed by atoms with Crippen LogP contribution in [-0.2, 0) is 6.42 Å². The lowest BCUT2D eigenvalue weighted by Crippen LogP contribution is -2.10. The van der Waals surface area contributed by atoms with Gasteiger partial charge in [0.25, 0.3) is 0 Å². The number of anilines is 1. The lowest BCUT2D eigenvalue weighted by atomic mass is 9.92. The van der Waals surface area contributed by atoms with E-state index in [-0.39, 0.29) is 0 Å². The fourth-order valence-electron chi connectivity index (χ4n) is 4.51. The summed E-state index contributed by atoms with van der Waals surface area (Å²) in [5.41, 5.74) is 8.40. The van der Waals surface area contributed by atoms with E-state index in [2.05, 4.69) is 78.1 Å². The molecule has 0 unspecified atom stereocenters. The second kappa shape index (κ2) is 8.11. The molecule has 1 aliphatic heterocycles. The lowest BCUT2D eigenvalue weighted by molar-refractivity contribution is 1.25. The highest BCUT2D eigenvalue weighted by Gasteiger charge is 2.23. The van der Waals surface area contributed by atoms with Gasteiger partial charge in [-0.3, -0.25) is 0 Å². The molecule has 0 amide bonds. The Labute approximate surface area is 202 Å². The quantitative estimate of drug-likeness (QED) is 0.268. The molecule has 1 aromatic heterocycles. The summed E-state index contributed by atoms with van der Waals surface area (Å²) in [5, 5.41) is 6.54. The molecule has 0 atom stereocenters. The maximum atomic E-state index is 6.20. The molecule has 0 fully saturated rings. The second-order valence-corrected chi connectivity index (χ2v) is 9.15. The van der Waals surface area contributed by atoms with Crippen LogP contribution in [0.2, 0.25) is 5.02 Å². The van der Waals surface area contributed by atoms with E-state index in [1.807, 2.05) is 24.3 Å². The predicted octanol–water partition coefficient (Wildman–Crippen LogP) is 8.18. The Morgan fingerprint density at radius 3 is 2.30 bits per heavy atom. The van der Waals surface area contributed by atoms with Crippen LogP contribution in [0.4, 0.5) is 5.69 Å². The van der Waals surface area contributed by atoms with E-state index in [1.165, 1.54) is 10.8 Å². The molecule has 33 heavy (non-hydrogen) atoms. The maximum absolute atomic E-state index is 6.20. The molecule has 0 aliphatic carbocycles. The molecule has 1 aliphatic rings. The first kappa shape index (κ1) is 20.1. The van der Waals surface area contributed by atoms with Crippen LogP contribution < -0.4 is 5.32 Å². The summed E-state index contributed by atoms with van der Waals surface area (Å²) in [6.45, 7) is 0. The zero-order valence-electron chi connectivity index (χ0n) is 17.7. The van der Waals surface area contributed by atoms with Crippen LogP contribution in [0.3, 0.4) is 0 Å². The summed E-state index contributed by atoms with van der Waals surface area (Å²) in [6, 6.07) is 33.3. The van der Waals surface area contributed by atoms with E-state index in [4.69, 9.17) is 28.8 Å². The predicted molar refractivity (Wildman–Crippen MR) is 143 cm³/mol. The normalized spacial score (nSPS) is 12.6. The Balaban J connectivity index is 1.65. The summed E-state index contributed by atoms with van der Waals surface area (Å²) in [4.78, 5) is 5.99. The van der Waals surface area contributed by atoms with Gasteiger partial charge in [0.1, 0.15) is 0 Å². The van der Waals surface area contributed by atoms with Gasteiger partial charge < -0.3 is 5.32 Å². The molecule has 0 saturated carbocycles. The molecule has 4 aromatic carbocycles. The summed E-state index contributed by atoms with van der Waals surface area (Å²) >= 11 is 11.9. The minimum atomic E-state index is 0.627. The van der Waals surface area contributed by atoms with Crippen LogP contribution >= 0.6 is 23.8 Å². The highest BCUT2D eigenvalue weighted by molar-refractivity contribution is 7.80. The van der Waals surface area contributed by atoms with Crippen molar-refractivity contribution in [2.24, 2.45) is 0 Å². The van der Waals surface area contributed by atoms with Gasteiger partial charge in [0.2, 0.25) is 0 Å². The van der Waals surface area contributed by atoms with Gasteiger partial charge >= 0.3 is 0 Å². The van der Waals surface area contributed by atoms with Gasteiger partial charge in [-0.2, -0.15) is 0 Å². The Bertz CT molecular complexity index is 1540. The van der Waals surface area contributed by atoms with Crippen molar-refractivity contribution in [2.75, 3.05) is 5.32 Å². The van der Waals surface area contributed by atoms with Crippen molar-refractivity contribution in [1.82, 2.24) is 4.98 Å². The third kappa shape index (κ3) is 3.70. The third-order valence-electron chi connectivity index (χ3n) is 6.12. The minimum Gasteiger partial charge on any atom is -0.349 e. The number of rotatable bonds is 2. The van der Waals surface area contributed by atoms with Gasteiger partial charge in [-0.05, 0) is 57.8 Å². The van der Waals surface area contributed by atoms with Crippen LogP contribution in [-0.4, -0.2) is 9.97 Å². The van der Waals surface area contributed by atoms with Crippen LogP contribution in [0.5, 0.6) is 0 Å². The first-order valence-corrected chi connectivity index (χ1v) is 11.6. The van der Waals surface area contributed by atoms with Crippen molar-refractivity contribution in [3.63, 3.8) is 0 Å². The van der Waals surface area contributed by atoms with E-state index >= 15 is 0 Å². The van der Waals surface area contributed by atoms with Gasteiger partial charge in [0.15, 0.2) is 0 Å². The number of para-hydroxylation sites is 1. The van der Waals surface area contributed by atoms with E-state index < -0.39 is 0 Å². The number of nitrogens with zero attached hydrogens (tertiary/aromatic N) is 1. The molecule has 5 aromatic rings. The van der Waals surface area contributed by atoms with Gasteiger partial charge in [0.05, 0.1) is 16.4 Å². The Morgan fingerprint density at radius 1 is 0.727 bits per heavy atom. The molecule has 4 heteroatoms. The monoisotopic (exact) mass is 462 g/mol. The van der Waals surface area contributed by atoms with Crippen LogP contribution in [0, 0.1) is 0 Å². The van der Waals surface area contributed by atoms with E-state index in [1.54, 1.807) is 0 Å². The number of hydrogen-bond acceptors (Lipinski definition) is 2. The SMILES string of the molecule is S=C1Cc2c(-c3ccc(Cl)cc3)cc(-c3ccc4ccccc4c3)nc2-c2ccccc2N1. The van der Waals surface area contributed by atoms with Gasteiger partial charge in [-0.25, -0.2) is 4.98 Å². The maximum Gasteiger partial charge on any atom is 0.0842 e. The van der Waals surface area contributed by atoms with E-state index in [0.29, 0.717) is 6.42 Å². The highest BCUT2D eigenvalue weighted by Crippen LogP contribution is 2.40. The number of halogens is 1. The topological polar surface area (TPSA) is 24.9 Å². The number of nitrogens with one attached hydrogen (secondary N) is 1. The molecular formula is C29H19ClN2S. The first-order chi connectivity index (χ1) is 16.2. The van der Waals surface area contributed by atoms with Crippen LogP contribution in [0.15, 0.2) is 97.1 Å². The van der Waals surface area contributed by atoms with Crippen molar-refractivity contribution in [1.29, 1.82) is 0 Å². The van der Waals surface area contributed by atoms with E-state index in [0.717, 1.165) is 54.9 Å². The van der Waals surface area contributed by atoms with Gasteiger partial charge in [0, 0.05) is 28.3 Å². The zero-order valence-corrected chi connectivity index (χ0v) is 19.3. The smallest absolute Gasteiger partial charge is 0.0842 e. The molecular weight excluding hydrogens is 444 g/mol. The Morgan fingerprint density at radius 2 is 1.45 bits per heavy atom. The second-order valence-electron chi connectivity index (χ2n) is 8.22. The van der Waals surface area contributed by atoms with Crippen molar-refractivity contribution in [3.8, 4) is 33.6 Å². The molecule has 2 nitrogen and oxygen atoms in total. The molecule has 0 saturated heterocycles. The lowest BCUT2D eigenvalue weighted by Gasteiger charge is -2.16. The summed E-state index contributed by atoms with van der Waals surface area (Å²) < 4.78 is 0. The van der Waals surface area contributed by atoms with Crippen molar-refractivity contribution in [2.45, 2.75) is 6.42 Å². The Kier molecular flexibility index (Phi) is 4.94. The van der Waals surface area contributed by atoms with Crippen molar-refractivity contribution < 1.29 is 0 Å². The number of aromatic nitrogens is 1. The van der Waals surface area contributed by atoms with Crippen molar-refractivity contribution >= 4 is 45.3 Å². The van der Waals surface area contributed by atoms with Crippen molar-refractivity contribution in [3.05, 3.63) is 108 Å². The zero-order chi connectivity index (χ0) is 22.4. The number of fused-ring (bicyclic) bond motifs is 4. The van der Waals surface area contributed by atoms with E-state index in [9.17, 15) is 0 Å². The van der Waals surface area contributed by atoms with Crippen LogP contribution in [0.25, 0.3) is 44.4 Å². The number of pyridine rings is 1.